The van der Waals surface area contributed by atoms with Gasteiger partial charge in [-0.3, -0.25) is 0 Å². The Hall–Kier alpha value is -0.840. The Morgan fingerprint density at radius 3 is 2.85 bits per heavy atom. The minimum atomic E-state index is -0.611. The van der Waals surface area contributed by atoms with Crippen LogP contribution in [0.1, 0.15) is 32.6 Å². The van der Waals surface area contributed by atoms with E-state index in [1.165, 1.54) is 25.0 Å². The van der Waals surface area contributed by atoms with E-state index < -0.39 is 11.9 Å². The topological polar surface area (TPSA) is 41.5 Å². The smallest absolute Gasteiger partial charge is 0.143 e. The lowest BCUT2D eigenvalue weighted by Crippen LogP contribution is -2.25. The Kier molecular flexibility index (Phi) is 8.58. The summed E-state index contributed by atoms with van der Waals surface area (Å²) in [5.41, 5.74) is 0.592. The molecule has 114 valence electrons. The highest BCUT2D eigenvalue weighted by atomic mass is 35.5. The van der Waals surface area contributed by atoms with Crippen molar-refractivity contribution in [3.05, 3.63) is 29.0 Å². The van der Waals surface area contributed by atoms with E-state index in [-0.39, 0.29) is 11.6 Å². The predicted molar refractivity (Wildman–Crippen MR) is 80.9 cm³/mol. The Bertz CT molecular complexity index is 390. The van der Waals surface area contributed by atoms with Crippen LogP contribution in [-0.2, 0) is 4.74 Å². The monoisotopic (exact) mass is 303 g/mol. The molecule has 0 amide bonds. The van der Waals surface area contributed by atoms with E-state index in [1.54, 1.807) is 6.07 Å². The summed E-state index contributed by atoms with van der Waals surface area (Å²) in [6, 6.07) is 4.46. The van der Waals surface area contributed by atoms with Crippen LogP contribution in [0.3, 0.4) is 0 Å². The number of hydrogen-bond acceptors (Lipinski definition) is 3. The molecule has 5 heteroatoms. The summed E-state index contributed by atoms with van der Waals surface area (Å²) in [6.45, 7) is 3.44. The normalized spacial score (nSPS) is 12.4. The summed E-state index contributed by atoms with van der Waals surface area (Å²) in [6.07, 6.45) is 3.99. The highest BCUT2D eigenvalue weighted by molar-refractivity contribution is 6.30. The molecule has 0 spiro atoms. The Balaban J connectivity index is 2.13. The molecular formula is C15H23ClFNO2. The van der Waals surface area contributed by atoms with Gasteiger partial charge < -0.3 is 15.2 Å². The molecule has 2 N–H and O–H groups in total. The fourth-order valence-electron chi connectivity index (χ4n) is 1.75. The minimum absolute atomic E-state index is 0.0894. The maximum absolute atomic E-state index is 13.2. The first kappa shape index (κ1) is 17.2. The lowest BCUT2D eigenvalue weighted by molar-refractivity contribution is 0.0417. The first-order valence-corrected chi connectivity index (χ1v) is 7.46. The Morgan fingerprint density at radius 2 is 2.15 bits per heavy atom. The van der Waals surface area contributed by atoms with E-state index >= 15 is 0 Å². The van der Waals surface area contributed by atoms with Crippen LogP contribution >= 0.6 is 11.6 Å². The van der Waals surface area contributed by atoms with Crippen LogP contribution in [0, 0.1) is 5.82 Å². The molecule has 1 atom stereocenters. The molecule has 20 heavy (non-hydrogen) atoms. The van der Waals surface area contributed by atoms with Crippen molar-refractivity contribution in [1.82, 2.24) is 0 Å². The van der Waals surface area contributed by atoms with E-state index in [4.69, 9.17) is 16.3 Å². The second-order valence-electron chi connectivity index (χ2n) is 4.80. The maximum atomic E-state index is 13.2. The highest BCUT2D eigenvalue weighted by Gasteiger charge is 2.05. The van der Waals surface area contributed by atoms with Crippen molar-refractivity contribution in [1.29, 1.82) is 0 Å². The Labute approximate surface area is 125 Å². The van der Waals surface area contributed by atoms with Gasteiger partial charge in [-0.1, -0.05) is 37.8 Å². The van der Waals surface area contributed by atoms with Crippen LogP contribution < -0.4 is 5.32 Å². The summed E-state index contributed by atoms with van der Waals surface area (Å²) in [4.78, 5) is 0. The summed E-state index contributed by atoms with van der Waals surface area (Å²) >= 11 is 5.59. The average molecular weight is 304 g/mol. The Morgan fingerprint density at radius 1 is 1.35 bits per heavy atom. The van der Waals surface area contributed by atoms with Gasteiger partial charge in [0.05, 0.1) is 17.7 Å². The molecule has 1 aromatic carbocycles. The molecule has 0 heterocycles. The van der Waals surface area contributed by atoms with E-state index in [0.717, 1.165) is 12.8 Å². The maximum Gasteiger partial charge on any atom is 0.143 e. The van der Waals surface area contributed by atoms with E-state index in [9.17, 15) is 9.50 Å². The zero-order valence-electron chi connectivity index (χ0n) is 11.9. The van der Waals surface area contributed by atoms with Gasteiger partial charge in [0, 0.05) is 18.8 Å². The molecule has 1 rings (SSSR count). The zero-order chi connectivity index (χ0) is 14.8. The molecule has 3 nitrogen and oxygen atoms in total. The van der Waals surface area contributed by atoms with E-state index in [2.05, 4.69) is 12.2 Å². The van der Waals surface area contributed by atoms with Crippen LogP contribution in [0.2, 0.25) is 5.02 Å². The molecule has 0 aliphatic carbocycles. The predicted octanol–water partition coefficient (Wildman–Crippen LogP) is 3.85. The molecule has 0 aliphatic heterocycles. The van der Waals surface area contributed by atoms with Crippen molar-refractivity contribution in [2.24, 2.45) is 0 Å². The third kappa shape index (κ3) is 7.08. The molecule has 1 aromatic rings. The number of benzene rings is 1. The van der Waals surface area contributed by atoms with Gasteiger partial charge in [0.1, 0.15) is 5.82 Å². The van der Waals surface area contributed by atoms with Gasteiger partial charge in [-0.25, -0.2) is 4.39 Å². The molecule has 0 bridgehead atoms. The summed E-state index contributed by atoms with van der Waals surface area (Å²) in [5.74, 6) is -0.474. The van der Waals surface area contributed by atoms with Gasteiger partial charge in [0.15, 0.2) is 0 Å². The molecule has 0 radical (unpaired) electrons. The zero-order valence-corrected chi connectivity index (χ0v) is 12.6. The quantitative estimate of drug-likeness (QED) is 0.645. The fraction of sp³-hybridized carbons (Fsp3) is 0.600. The molecule has 0 fully saturated rings. The van der Waals surface area contributed by atoms with Crippen molar-refractivity contribution >= 4 is 17.3 Å². The first-order valence-electron chi connectivity index (χ1n) is 7.08. The van der Waals surface area contributed by atoms with E-state index in [1.807, 2.05) is 0 Å². The second-order valence-corrected chi connectivity index (χ2v) is 5.21. The number of nitrogens with one attached hydrogen (secondary N) is 1. The van der Waals surface area contributed by atoms with Crippen LogP contribution in [-0.4, -0.2) is 31.0 Å². The lowest BCUT2D eigenvalue weighted by atomic mass is 10.2. The number of aliphatic hydroxyl groups is 1. The summed E-state index contributed by atoms with van der Waals surface area (Å²) in [5, 5.41) is 12.8. The van der Waals surface area contributed by atoms with Crippen LogP contribution in [0.5, 0.6) is 0 Å². The molecule has 0 aliphatic rings. The van der Waals surface area contributed by atoms with Crippen molar-refractivity contribution < 1.29 is 14.2 Å². The van der Waals surface area contributed by atoms with Crippen molar-refractivity contribution in [3.8, 4) is 0 Å². The number of rotatable bonds is 10. The van der Waals surface area contributed by atoms with Gasteiger partial charge in [0.25, 0.3) is 0 Å². The number of aliphatic hydroxyl groups excluding tert-OH is 1. The molecule has 0 saturated carbocycles. The van der Waals surface area contributed by atoms with Crippen molar-refractivity contribution in [2.45, 2.75) is 38.7 Å². The van der Waals surface area contributed by atoms with Gasteiger partial charge in [-0.2, -0.15) is 0 Å². The van der Waals surface area contributed by atoms with Crippen LogP contribution in [0.4, 0.5) is 10.1 Å². The van der Waals surface area contributed by atoms with Gasteiger partial charge in [0.2, 0.25) is 0 Å². The largest absolute Gasteiger partial charge is 0.389 e. The first-order chi connectivity index (χ1) is 9.63. The molecular weight excluding hydrogens is 281 g/mol. The van der Waals surface area contributed by atoms with Crippen LogP contribution in [0.25, 0.3) is 0 Å². The number of halogens is 2. The van der Waals surface area contributed by atoms with Crippen molar-refractivity contribution in [2.75, 3.05) is 25.1 Å². The SMILES string of the molecule is CCCCCCOCC(O)CNc1ccc(Cl)c(F)c1. The highest BCUT2D eigenvalue weighted by Crippen LogP contribution is 2.18. The summed E-state index contributed by atoms with van der Waals surface area (Å²) < 4.78 is 18.6. The van der Waals surface area contributed by atoms with E-state index in [0.29, 0.717) is 18.8 Å². The minimum Gasteiger partial charge on any atom is -0.389 e. The number of unbranched alkanes of at least 4 members (excludes halogenated alkanes) is 3. The average Bonchev–Trinajstić information content (AvgIpc) is 2.44. The fourth-order valence-corrected chi connectivity index (χ4v) is 1.87. The van der Waals surface area contributed by atoms with Crippen LogP contribution in [0.15, 0.2) is 18.2 Å². The molecule has 0 aromatic heterocycles. The van der Waals surface area contributed by atoms with Gasteiger partial charge >= 0.3 is 0 Å². The molecule has 0 saturated heterocycles. The van der Waals surface area contributed by atoms with Gasteiger partial charge in [-0.15, -0.1) is 0 Å². The second kappa shape index (κ2) is 9.97. The number of ether oxygens (including phenoxy) is 1. The standard InChI is InChI=1S/C15H23ClFNO2/c1-2-3-4-5-8-20-11-13(19)10-18-12-6-7-14(16)15(17)9-12/h6-7,9,13,18-19H,2-5,8,10-11H2,1H3. The third-order valence-corrected chi connectivity index (χ3v) is 3.22. The number of anilines is 1. The summed E-state index contributed by atoms with van der Waals surface area (Å²) in [7, 11) is 0. The third-order valence-electron chi connectivity index (χ3n) is 2.91. The number of hydrogen-bond donors (Lipinski definition) is 2. The molecule has 1 unspecified atom stereocenters. The lowest BCUT2D eigenvalue weighted by Gasteiger charge is -2.13. The van der Waals surface area contributed by atoms with Crippen molar-refractivity contribution in [3.63, 3.8) is 0 Å². The van der Waals surface area contributed by atoms with Gasteiger partial charge in [-0.05, 0) is 24.6 Å².